The highest BCUT2D eigenvalue weighted by Gasteiger charge is 2.13. The molecule has 0 aliphatic carbocycles. The van der Waals surface area contributed by atoms with E-state index in [-0.39, 0.29) is 5.75 Å². The number of piperidine rings is 1. The molecule has 15 heavy (non-hydrogen) atoms. The van der Waals surface area contributed by atoms with E-state index in [1.807, 2.05) is 0 Å². The van der Waals surface area contributed by atoms with E-state index in [4.69, 9.17) is 5.11 Å². The van der Waals surface area contributed by atoms with Crippen molar-refractivity contribution in [3.8, 4) is 5.75 Å². The van der Waals surface area contributed by atoms with Crippen LogP contribution in [0.4, 0.5) is 4.39 Å². The van der Waals surface area contributed by atoms with Crippen molar-refractivity contribution >= 4 is 0 Å². The van der Waals surface area contributed by atoms with E-state index >= 15 is 0 Å². The summed E-state index contributed by atoms with van der Waals surface area (Å²) < 4.78 is 13.1. The van der Waals surface area contributed by atoms with Gasteiger partial charge in [-0.05, 0) is 43.5 Å². The Balaban J connectivity index is 2.00. The molecule has 1 aliphatic rings. The maximum Gasteiger partial charge on any atom is 0.165 e. The molecule has 3 heteroatoms. The van der Waals surface area contributed by atoms with Gasteiger partial charge in [-0.1, -0.05) is 12.5 Å². The van der Waals surface area contributed by atoms with E-state index in [0.29, 0.717) is 6.04 Å². The van der Waals surface area contributed by atoms with Gasteiger partial charge in [0.05, 0.1) is 0 Å². The van der Waals surface area contributed by atoms with Crippen LogP contribution in [0.5, 0.6) is 5.75 Å². The van der Waals surface area contributed by atoms with Crippen LogP contribution in [0, 0.1) is 5.82 Å². The summed E-state index contributed by atoms with van der Waals surface area (Å²) in [6, 6.07) is 5.09. The number of halogens is 1. The molecular formula is C12H16FNO. The fourth-order valence-electron chi connectivity index (χ4n) is 2.06. The number of rotatable bonds is 2. The van der Waals surface area contributed by atoms with Crippen LogP contribution in [0.1, 0.15) is 24.8 Å². The van der Waals surface area contributed by atoms with Crippen LogP contribution in [0.3, 0.4) is 0 Å². The first-order valence-electron chi connectivity index (χ1n) is 5.46. The molecule has 2 nitrogen and oxygen atoms in total. The minimum atomic E-state index is -0.525. The number of hydrogen-bond donors (Lipinski definition) is 2. The Morgan fingerprint density at radius 3 is 2.93 bits per heavy atom. The highest BCUT2D eigenvalue weighted by atomic mass is 19.1. The van der Waals surface area contributed by atoms with Crippen LogP contribution < -0.4 is 5.32 Å². The zero-order valence-corrected chi connectivity index (χ0v) is 8.67. The zero-order valence-electron chi connectivity index (χ0n) is 8.67. The first-order chi connectivity index (χ1) is 7.25. The Bertz CT molecular complexity index is 334. The van der Waals surface area contributed by atoms with Crippen LogP contribution >= 0.6 is 0 Å². The third-order valence-electron chi connectivity index (χ3n) is 2.91. The van der Waals surface area contributed by atoms with Crippen LogP contribution in [0.15, 0.2) is 18.2 Å². The number of phenols is 1. The first-order valence-corrected chi connectivity index (χ1v) is 5.46. The Kier molecular flexibility index (Phi) is 3.21. The normalized spacial score (nSPS) is 21.5. The lowest BCUT2D eigenvalue weighted by Gasteiger charge is -2.23. The second-order valence-electron chi connectivity index (χ2n) is 4.14. The summed E-state index contributed by atoms with van der Waals surface area (Å²) in [6.45, 7) is 1.06. The minimum Gasteiger partial charge on any atom is -0.505 e. The monoisotopic (exact) mass is 209 g/mol. The van der Waals surface area contributed by atoms with Gasteiger partial charge in [0.25, 0.3) is 0 Å². The maximum absolute atomic E-state index is 13.1. The van der Waals surface area contributed by atoms with E-state index in [2.05, 4.69) is 5.32 Å². The lowest BCUT2D eigenvalue weighted by molar-refractivity contribution is 0.397. The van der Waals surface area contributed by atoms with Crippen LogP contribution in [0.25, 0.3) is 0 Å². The van der Waals surface area contributed by atoms with Gasteiger partial charge < -0.3 is 10.4 Å². The van der Waals surface area contributed by atoms with Crippen molar-refractivity contribution in [3.63, 3.8) is 0 Å². The quantitative estimate of drug-likeness (QED) is 0.782. The highest BCUT2D eigenvalue weighted by Crippen LogP contribution is 2.19. The number of hydrogen-bond acceptors (Lipinski definition) is 2. The summed E-state index contributed by atoms with van der Waals surface area (Å²) in [6.07, 6.45) is 4.48. The molecule has 1 unspecified atom stereocenters. The first kappa shape index (κ1) is 10.4. The summed E-state index contributed by atoms with van der Waals surface area (Å²) >= 11 is 0. The average molecular weight is 209 g/mol. The molecule has 0 radical (unpaired) electrons. The highest BCUT2D eigenvalue weighted by molar-refractivity contribution is 5.28. The lowest BCUT2D eigenvalue weighted by Crippen LogP contribution is -2.35. The molecule has 0 bridgehead atoms. The minimum absolute atomic E-state index is 0.268. The van der Waals surface area contributed by atoms with Gasteiger partial charge in [-0.25, -0.2) is 4.39 Å². The standard InChI is InChI=1S/C12H16FNO/c13-11-8-9(4-5-12(11)15)7-10-3-1-2-6-14-10/h4-5,8,10,14-15H,1-3,6-7H2. The van der Waals surface area contributed by atoms with Crippen LogP contribution in [-0.2, 0) is 6.42 Å². The van der Waals surface area contributed by atoms with E-state index in [1.165, 1.54) is 25.0 Å². The van der Waals surface area contributed by atoms with Gasteiger partial charge >= 0.3 is 0 Å². The van der Waals surface area contributed by atoms with Gasteiger partial charge in [0, 0.05) is 6.04 Å². The van der Waals surface area contributed by atoms with Crippen LogP contribution in [0.2, 0.25) is 0 Å². The Morgan fingerprint density at radius 2 is 2.27 bits per heavy atom. The molecule has 1 aliphatic heterocycles. The third kappa shape index (κ3) is 2.69. The number of benzene rings is 1. The molecule has 0 saturated carbocycles. The fraction of sp³-hybridized carbons (Fsp3) is 0.500. The van der Waals surface area contributed by atoms with Crippen molar-refractivity contribution in [1.29, 1.82) is 0 Å². The van der Waals surface area contributed by atoms with Crippen molar-refractivity contribution in [2.75, 3.05) is 6.54 Å². The molecule has 1 aromatic carbocycles. The molecule has 0 spiro atoms. The number of nitrogens with one attached hydrogen (secondary N) is 1. The van der Waals surface area contributed by atoms with Gasteiger partial charge in [0.2, 0.25) is 0 Å². The summed E-state index contributed by atoms with van der Waals surface area (Å²) in [5.74, 6) is -0.793. The molecule has 1 heterocycles. The lowest BCUT2D eigenvalue weighted by atomic mass is 9.98. The molecule has 1 atom stereocenters. The van der Waals surface area contributed by atoms with E-state index in [9.17, 15) is 4.39 Å². The van der Waals surface area contributed by atoms with Crippen molar-refractivity contribution in [2.24, 2.45) is 0 Å². The van der Waals surface area contributed by atoms with E-state index < -0.39 is 5.82 Å². The molecule has 0 aromatic heterocycles. The van der Waals surface area contributed by atoms with Crippen molar-refractivity contribution < 1.29 is 9.50 Å². The number of phenolic OH excluding ortho intramolecular Hbond substituents is 1. The SMILES string of the molecule is Oc1ccc(CC2CCCCN2)cc1F. The van der Waals surface area contributed by atoms with Gasteiger partial charge in [-0.2, -0.15) is 0 Å². The zero-order chi connectivity index (χ0) is 10.7. The Morgan fingerprint density at radius 1 is 1.40 bits per heavy atom. The maximum atomic E-state index is 13.1. The Labute approximate surface area is 89.1 Å². The predicted octanol–water partition coefficient (Wildman–Crippen LogP) is 2.22. The molecule has 2 rings (SSSR count). The van der Waals surface area contributed by atoms with E-state index in [1.54, 1.807) is 6.07 Å². The molecule has 1 aromatic rings. The molecule has 82 valence electrons. The largest absolute Gasteiger partial charge is 0.505 e. The van der Waals surface area contributed by atoms with Gasteiger partial charge in [-0.15, -0.1) is 0 Å². The van der Waals surface area contributed by atoms with Crippen molar-refractivity contribution in [3.05, 3.63) is 29.6 Å². The Hall–Kier alpha value is -1.09. The summed E-state index contributed by atoms with van der Waals surface area (Å²) in [5.41, 5.74) is 0.949. The van der Waals surface area contributed by atoms with Gasteiger partial charge in [-0.3, -0.25) is 0 Å². The molecule has 2 N–H and O–H groups in total. The van der Waals surface area contributed by atoms with Crippen LogP contribution in [-0.4, -0.2) is 17.7 Å². The van der Waals surface area contributed by atoms with Gasteiger partial charge in [0.15, 0.2) is 11.6 Å². The average Bonchev–Trinajstić information content (AvgIpc) is 2.25. The summed E-state index contributed by atoms with van der Waals surface area (Å²) in [7, 11) is 0. The third-order valence-corrected chi connectivity index (χ3v) is 2.91. The molecule has 0 amide bonds. The smallest absolute Gasteiger partial charge is 0.165 e. The van der Waals surface area contributed by atoms with E-state index in [0.717, 1.165) is 24.9 Å². The number of aromatic hydroxyl groups is 1. The fourth-order valence-corrected chi connectivity index (χ4v) is 2.06. The van der Waals surface area contributed by atoms with Crippen molar-refractivity contribution in [2.45, 2.75) is 31.7 Å². The second-order valence-corrected chi connectivity index (χ2v) is 4.14. The summed E-state index contributed by atoms with van der Waals surface area (Å²) in [4.78, 5) is 0. The van der Waals surface area contributed by atoms with Gasteiger partial charge in [0.1, 0.15) is 0 Å². The predicted molar refractivity (Wildman–Crippen MR) is 57.4 cm³/mol. The molecular weight excluding hydrogens is 193 g/mol. The second kappa shape index (κ2) is 4.62. The topological polar surface area (TPSA) is 32.3 Å². The molecule has 1 saturated heterocycles. The summed E-state index contributed by atoms with van der Waals surface area (Å²) in [5, 5.41) is 12.5. The molecule has 1 fully saturated rings. The van der Waals surface area contributed by atoms with Crippen molar-refractivity contribution in [1.82, 2.24) is 5.32 Å².